The fraction of sp³-hybridized carbons (Fsp3) is 1.00. The predicted molar refractivity (Wildman–Crippen MR) is 57.9 cm³/mol. The molecule has 1 heterocycles. The van der Waals surface area contributed by atoms with E-state index in [1.807, 2.05) is 0 Å². The van der Waals surface area contributed by atoms with Crippen LogP contribution < -0.4 is 5.32 Å². The van der Waals surface area contributed by atoms with E-state index in [0.29, 0.717) is 18.9 Å². The zero-order valence-corrected chi connectivity index (χ0v) is 10.1. The normalized spacial score (nSPS) is 26.1. The summed E-state index contributed by atoms with van der Waals surface area (Å²) in [5.41, 5.74) is 0. The number of hydrogen-bond acceptors (Lipinski definition) is 3. The van der Waals surface area contributed by atoms with E-state index in [9.17, 15) is 13.2 Å². The third-order valence-electron chi connectivity index (χ3n) is 2.79. The van der Waals surface area contributed by atoms with Crippen molar-refractivity contribution < 1.29 is 22.6 Å². The van der Waals surface area contributed by atoms with Gasteiger partial charge >= 0.3 is 6.18 Å². The number of hydrogen-bond donors (Lipinski definition) is 1. The summed E-state index contributed by atoms with van der Waals surface area (Å²) >= 11 is 0. The minimum atomic E-state index is -4.23. The van der Waals surface area contributed by atoms with Gasteiger partial charge in [0.25, 0.3) is 0 Å². The van der Waals surface area contributed by atoms with Crippen LogP contribution in [0, 0.1) is 5.92 Å². The highest BCUT2D eigenvalue weighted by atomic mass is 19.4. The third-order valence-corrected chi connectivity index (χ3v) is 2.79. The second kappa shape index (κ2) is 7.18. The van der Waals surface area contributed by atoms with Gasteiger partial charge in [-0.15, -0.1) is 0 Å². The third kappa shape index (κ3) is 6.85. The van der Waals surface area contributed by atoms with Gasteiger partial charge in [0.2, 0.25) is 0 Å². The van der Waals surface area contributed by atoms with E-state index in [2.05, 4.69) is 17.0 Å². The molecule has 17 heavy (non-hydrogen) atoms. The zero-order valence-electron chi connectivity index (χ0n) is 10.1. The summed E-state index contributed by atoms with van der Waals surface area (Å²) in [5, 5.41) is 3.23. The molecule has 1 saturated heterocycles. The molecule has 0 radical (unpaired) electrons. The van der Waals surface area contributed by atoms with Crippen molar-refractivity contribution in [2.45, 2.75) is 32.0 Å². The highest BCUT2D eigenvalue weighted by molar-refractivity contribution is 4.75. The van der Waals surface area contributed by atoms with Crippen LogP contribution in [0.1, 0.15) is 19.8 Å². The summed E-state index contributed by atoms with van der Waals surface area (Å²) in [4.78, 5) is 0. The van der Waals surface area contributed by atoms with Crippen LogP contribution in [0.2, 0.25) is 0 Å². The number of ether oxygens (including phenoxy) is 2. The molecule has 0 aromatic rings. The van der Waals surface area contributed by atoms with Crippen LogP contribution in [-0.2, 0) is 9.47 Å². The standard InChI is InChI=1S/C11H20F3NO2/c1-9-3-4-15-7-10(9)17-6-2-5-16-8-11(12,13)14/h9-10,15H,2-8H2,1H3. The molecule has 3 nitrogen and oxygen atoms in total. The summed E-state index contributed by atoms with van der Waals surface area (Å²) < 4.78 is 45.3. The Morgan fingerprint density at radius 1 is 1.29 bits per heavy atom. The molecule has 0 saturated carbocycles. The molecule has 1 aliphatic heterocycles. The van der Waals surface area contributed by atoms with Crippen LogP contribution in [0.15, 0.2) is 0 Å². The molecular formula is C11H20F3NO2. The molecule has 1 fully saturated rings. The lowest BCUT2D eigenvalue weighted by Crippen LogP contribution is -2.41. The maximum absolute atomic E-state index is 11.7. The van der Waals surface area contributed by atoms with Gasteiger partial charge in [0, 0.05) is 19.8 Å². The van der Waals surface area contributed by atoms with Crippen LogP contribution in [0.4, 0.5) is 13.2 Å². The summed E-state index contributed by atoms with van der Waals surface area (Å²) in [7, 11) is 0. The highest BCUT2D eigenvalue weighted by Gasteiger charge is 2.27. The number of piperidine rings is 1. The topological polar surface area (TPSA) is 30.5 Å². The van der Waals surface area contributed by atoms with E-state index >= 15 is 0 Å². The Kier molecular flexibility index (Phi) is 6.22. The lowest BCUT2D eigenvalue weighted by atomic mass is 9.97. The lowest BCUT2D eigenvalue weighted by Gasteiger charge is -2.29. The first kappa shape index (κ1) is 14.7. The van der Waals surface area contributed by atoms with Crippen molar-refractivity contribution in [1.29, 1.82) is 0 Å². The number of nitrogens with one attached hydrogen (secondary N) is 1. The minimum absolute atomic E-state index is 0.0913. The first-order valence-corrected chi connectivity index (χ1v) is 5.96. The number of rotatable bonds is 6. The van der Waals surface area contributed by atoms with Crippen molar-refractivity contribution >= 4 is 0 Å². The Morgan fingerprint density at radius 2 is 2.06 bits per heavy atom. The second-order valence-electron chi connectivity index (χ2n) is 4.40. The van der Waals surface area contributed by atoms with Crippen LogP contribution in [0.3, 0.4) is 0 Å². The Hall–Kier alpha value is -0.330. The quantitative estimate of drug-likeness (QED) is 0.736. The number of alkyl halides is 3. The molecule has 0 aliphatic carbocycles. The molecule has 0 aromatic heterocycles. The van der Waals surface area contributed by atoms with Crippen molar-refractivity contribution in [3.05, 3.63) is 0 Å². The van der Waals surface area contributed by atoms with Crippen molar-refractivity contribution in [3.8, 4) is 0 Å². The van der Waals surface area contributed by atoms with Gasteiger partial charge in [0.1, 0.15) is 6.61 Å². The fourth-order valence-electron chi connectivity index (χ4n) is 1.77. The first-order chi connectivity index (χ1) is 7.99. The Labute approximate surface area is 99.7 Å². The smallest absolute Gasteiger partial charge is 0.377 e. The highest BCUT2D eigenvalue weighted by Crippen LogP contribution is 2.16. The Morgan fingerprint density at radius 3 is 2.71 bits per heavy atom. The minimum Gasteiger partial charge on any atom is -0.377 e. The molecule has 1 rings (SSSR count). The van der Waals surface area contributed by atoms with Crippen LogP contribution in [0.5, 0.6) is 0 Å². The average molecular weight is 255 g/mol. The fourth-order valence-corrected chi connectivity index (χ4v) is 1.77. The Balaban J connectivity index is 1.96. The summed E-state index contributed by atoms with van der Waals surface area (Å²) in [6.07, 6.45) is -2.48. The second-order valence-corrected chi connectivity index (χ2v) is 4.40. The van der Waals surface area contributed by atoms with E-state index in [-0.39, 0.29) is 12.7 Å². The van der Waals surface area contributed by atoms with Gasteiger partial charge in [0.15, 0.2) is 0 Å². The predicted octanol–water partition coefficient (Wildman–Crippen LogP) is 1.97. The van der Waals surface area contributed by atoms with Crippen molar-refractivity contribution in [3.63, 3.8) is 0 Å². The van der Waals surface area contributed by atoms with Crippen molar-refractivity contribution in [2.75, 3.05) is 32.9 Å². The monoisotopic (exact) mass is 255 g/mol. The zero-order chi connectivity index (χ0) is 12.7. The van der Waals surface area contributed by atoms with E-state index in [4.69, 9.17) is 4.74 Å². The van der Waals surface area contributed by atoms with E-state index in [1.54, 1.807) is 0 Å². The molecule has 2 atom stereocenters. The molecule has 1 aliphatic rings. The van der Waals surface area contributed by atoms with Gasteiger partial charge in [-0.2, -0.15) is 13.2 Å². The molecular weight excluding hydrogens is 235 g/mol. The Bertz CT molecular complexity index is 211. The van der Waals surface area contributed by atoms with E-state index in [0.717, 1.165) is 19.5 Å². The molecule has 0 aromatic carbocycles. The van der Waals surface area contributed by atoms with Gasteiger partial charge in [-0.25, -0.2) is 0 Å². The van der Waals surface area contributed by atoms with E-state index in [1.165, 1.54) is 0 Å². The number of halogens is 3. The van der Waals surface area contributed by atoms with Gasteiger partial charge in [0.05, 0.1) is 6.10 Å². The largest absolute Gasteiger partial charge is 0.411 e. The van der Waals surface area contributed by atoms with Gasteiger partial charge in [-0.05, 0) is 25.3 Å². The van der Waals surface area contributed by atoms with E-state index < -0.39 is 12.8 Å². The lowest BCUT2D eigenvalue weighted by molar-refractivity contribution is -0.174. The molecule has 6 heteroatoms. The van der Waals surface area contributed by atoms with Crippen LogP contribution in [-0.4, -0.2) is 45.2 Å². The summed E-state index contributed by atoms with van der Waals surface area (Å²) in [5.74, 6) is 0.507. The van der Waals surface area contributed by atoms with Crippen molar-refractivity contribution in [1.82, 2.24) is 5.32 Å². The van der Waals surface area contributed by atoms with Gasteiger partial charge < -0.3 is 14.8 Å². The summed E-state index contributed by atoms with van der Waals surface area (Å²) in [6, 6.07) is 0. The molecule has 0 bridgehead atoms. The SMILES string of the molecule is CC1CCNCC1OCCCOCC(F)(F)F. The molecule has 0 spiro atoms. The van der Waals surface area contributed by atoms with Crippen LogP contribution in [0.25, 0.3) is 0 Å². The molecule has 2 unspecified atom stereocenters. The first-order valence-electron chi connectivity index (χ1n) is 5.96. The van der Waals surface area contributed by atoms with Crippen LogP contribution >= 0.6 is 0 Å². The average Bonchev–Trinajstić information content (AvgIpc) is 2.24. The molecule has 1 N–H and O–H groups in total. The van der Waals surface area contributed by atoms with Gasteiger partial charge in [-0.1, -0.05) is 6.92 Å². The maximum atomic E-state index is 11.7. The van der Waals surface area contributed by atoms with Gasteiger partial charge in [-0.3, -0.25) is 0 Å². The molecule has 102 valence electrons. The van der Waals surface area contributed by atoms with Crippen molar-refractivity contribution in [2.24, 2.45) is 5.92 Å². The maximum Gasteiger partial charge on any atom is 0.411 e. The summed E-state index contributed by atoms with van der Waals surface area (Å²) in [6.45, 7) is 3.34. The molecule has 0 amide bonds.